The lowest BCUT2D eigenvalue weighted by molar-refractivity contribution is -0.384. The summed E-state index contributed by atoms with van der Waals surface area (Å²) < 4.78 is 34.7. The highest BCUT2D eigenvalue weighted by Crippen LogP contribution is 2.51. The molecule has 0 bridgehead atoms. The lowest BCUT2D eigenvalue weighted by Gasteiger charge is -2.56. The van der Waals surface area contributed by atoms with Gasteiger partial charge in [0.2, 0.25) is 0 Å². The van der Waals surface area contributed by atoms with Crippen molar-refractivity contribution in [3.8, 4) is 17.2 Å². The molecule has 1 saturated carbocycles. The number of fused-ring (bicyclic) bond motifs is 2. The van der Waals surface area contributed by atoms with Crippen molar-refractivity contribution in [1.82, 2.24) is 24.5 Å². The number of ether oxygens (including phenoxy) is 2. The summed E-state index contributed by atoms with van der Waals surface area (Å²) in [5.74, 6) is 0.397. The zero-order valence-corrected chi connectivity index (χ0v) is 32.7. The number of aromatic amines is 1. The van der Waals surface area contributed by atoms with E-state index < -0.39 is 16.6 Å². The lowest BCUT2D eigenvalue weighted by Crippen LogP contribution is -2.59. The van der Waals surface area contributed by atoms with Gasteiger partial charge < -0.3 is 29.5 Å². The Kier molecular flexibility index (Phi) is 10.1. The zero-order chi connectivity index (χ0) is 40.0. The second-order valence-corrected chi connectivity index (χ2v) is 16.4. The summed E-state index contributed by atoms with van der Waals surface area (Å²) in [6, 6.07) is 18.2. The molecule has 0 radical (unpaired) electrons. The van der Waals surface area contributed by atoms with Gasteiger partial charge in [-0.1, -0.05) is 0 Å². The van der Waals surface area contributed by atoms with Crippen LogP contribution in [0.5, 0.6) is 17.2 Å². The Morgan fingerprint density at radius 2 is 1.88 bits per heavy atom. The number of nitrogens with one attached hydrogen (secondary N) is 2. The number of carbonyl (C=O) groups is 1. The third-order valence-corrected chi connectivity index (χ3v) is 12.8. The van der Waals surface area contributed by atoms with Gasteiger partial charge in [0.25, 0.3) is 11.6 Å². The van der Waals surface area contributed by atoms with Crippen LogP contribution >= 0.6 is 11.9 Å². The van der Waals surface area contributed by atoms with Crippen molar-refractivity contribution in [3.63, 3.8) is 0 Å². The highest BCUT2D eigenvalue weighted by molar-refractivity contribution is 7.98. The first kappa shape index (κ1) is 37.7. The van der Waals surface area contributed by atoms with E-state index in [1.807, 2.05) is 18.2 Å². The average Bonchev–Trinajstić information content (AvgIpc) is 3.85. The minimum absolute atomic E-state index is 0.0323. The van der Waals surface area contributed by atoms with E-state index in [0.717, 1.165) is 93.0 Å². The number of halogens is 1. The van der Waals surface area contributed by atoms with E-state index in [0.29, 0.717) is 22.0 Å². The first-order valence-corrected chi connectivity index (χ1v) is 20.2. The maximum Gasteiger partial charge on any atom is 0.293 e. The molecule has 14 nitrogen and oxygen atoms in total. The van der Waals surface area contributed by atoms with Gasteiger partial charge in [-0.3, -0.25) is 29.4 Å². The standard InChI is InChI=1S/C42H43FN8O6S/c1-55-38-17-26(16-27-6-15-56-39(27)38)25-48-11-13-50(14-12-48)29-21-42(22-29)7-9-49(10-8-42)28-2-4-32(41(52)47-58-31-3-5-35(44)36(20-31)51(53)54)37(18-28)57-30-19-33-34(43)24-46-40(33)45-23-30/h2-6,15-20,23-24,29H,7-14,21-22,25,44H2,1H3,(H,45,46)(H,47,52). The molecule has 2 saturated heterocycles. The Morgan fingerprint density at radius 1 is 1.07 bits per heavy atom. The Bertz CT molecular complexity index is 2500. The molecular weight excluding hydrogens is 764 g/mol. The van der Waals surface area contributed by atoms with Crippen LogP contribution in [-0.2, 0) is 6.54 Å². The average molecular weight is 807 g/mol. The number of H-pyrrole nitrogens is 1. The SMILES string of the molecule is COc1cc(CN2CCN(C3CC4(CCN(c5ccc(C(=O)NSc6ccc(N)c([N+](=O)[O-])c6)c(Oc6cnc7[nH]cc(F)c7c6)c5)CC4)C3)CC2)cc2ccoc12. The van der Waals surface area contributed by atoms with Crippen molar-refractivity contribution < 1.29 is 28.0 Å². The first-order chi connectivity index (χ1) is 28.1. The number of benzene rings is 3. The van der Waals surface area contributed by atoms with Crippen LogP contribution in [0, 0.1) is 21.3 Å². The molecule has 2 aliphatic heterocycles. The number of nitro benzene ring substituents is 1. The van der Waals surface area contributed by atoms with Crippen molar-refractivity contribution >= 4 is 56.9 Å². The highest BCUT2D eigenvalue weighted by atomic mass is 32.2. The van der Waals surface area contributed by atoms with E-state index >= 15 is 0 Å². The molecule has 6 aromatic rings. The van der Waals surface area contributed by atoms with Gasteiger partial charge in [-0.05, 0) is 97.1 Å². The maximum atomic E-state index is 14.5. The van der Waals surface area contributed by atoms with E-state index in [1.54, 1.807) is 31.6 Å². The molecule has 9 rings (SSSR count). The van der Waals surface area contributed by atoms with Gasteiger partial charge in [-0.15, -0.1) is 0 Å². The quantitative estimate of drug-likeness (QED) is 0.0505. The number of aromatic nitrogens is 2. The van der Waals surface area contributed by atoms with E-state index in [2.05, 4.69) is 41.5 Å². The van der Waals surface area contributed by atoms with Gasteiger partial charge in [-0.2, -0.15) is 0 Å². The molecule has 16 heteroatoms. The Morgan fingerprint density at radius 3 is 2.66 bits per heavy atom. The van der Waals surface area contributed by atoms with Gasteiger partial charge in [0.05, 0.1) is 35.4 Å². The Labute approximate surface area is 337 Å². The number of carbonyl (C=O) groups excluding carboxylic acids is 1. The summed E-state index contributed by atoms with van der Waals surface area (Å²) in [5, 5.41) is 12.7. The minimum atomic E-state index is -0.567. The first-order valence-electron chi connectivity index (χ1n) is 19.3. The fraction of sp³-hybridized carbons (Fsp3) is 0.333. The number of pyridine rings is 1. The van der Waals surface area contributed by atoms with Crippen LogP contribution in [0.25, 0.3) is 22.0 Å². The molecule has 1 aliphatic carbocycles. The summed E-state index contributed by atoms with van der Waals surface area (Å²) in [5.41, 5.74) is 9.44. The molecule has 0 unspecified atom stereocenters. The third kappa shape index (κ3) is 7.50. The molecule has 3 fully saturated rings. The third-order valence-electron chi connectivity index (χ3n) is 12.0. The largest absolute Gasteiger partial charge is 0.493 e. The van der Waals surface area contributed by atoms with Crippen molar-refractivity contribution in [2.45, 2.75) is 43.2 Å². The second kappa shape index (κ2) is 15.5. The molecule has 3 aromatic carbocycles. The van der Waals surface area contributed by atoms with Crippen LogP contribution in [0.4, 0.5) is 21.5 Å². The molecular formula is C42H43FN8O6S. The normalized spacial score (nSPS) is 17.4. The molecule has 4 N–H and O–H groups in total. The van der Waals surface area contributed by atoms with Gasteiger partial charge >= 0.3 is 0 Å². The van der Waals surface area contributed by atoms with Crippen LogP contribution in [0.2, 0.25) is 0 Å². The van der Waals surface area contributed by atoms with Crippen molar-refractivity contribution in [3.05, 3.63) is 106 Å². The molecule has 5 heterocycles. The molecule has 1 amide bonds. The Hall–Kier alpha value is -5.84. The summed E-state index contributed by atoms with van der Waals surface area (Å²) in [6.07, 6.45) is 9.00. The van der Waals surface area contributed by atoms with Crippen LogP contribution in [-0.4, -0.2) is 83.0 Å². The highest BCUT2D eigenvalue weighted by Gasteiger charge is 2.48. The number of piperazine rings is 1. The smallest absolute Gasteiger partial charge is 0.293 e. The number of hydrogen-bond acceptors (Lipinski definition) is 12. The molecule has 0 atom stereocenters. The lowest BCUT2D eigenvalue weighted by atomic mass is 9.60. The molecule has 58 heavy (non-hydrogen) atoms. The molecule has 300 valence electrons. The van der Waals surface area contributed by atoms with Crippen LogP contribution < -0.4 is 24.8 Å². The number of nitrogens with zero attached hydrogens (tertiary/aromatic N) is 5. The summed E-state index contributed by atoms with van der Waals surface area (Å²) in [7, 11) is 1.68. The predicted octanol–water partition coefficient (Wildman–Crippen LogP) is 7.74. The van der Waals surface area contributed by atoms with Crippen molar-refractivity contribution in [2.75, 3.05) is 57.0 Å². The zero-order valence-electron chi connectivity index (χ0n) is 31.9. The summed E-state index contributed by atoms with van der Waals surface area (Å²) in [6.45, 7) is 6.85. The van der Waals surface area contributed by atoms with E-state index in [1.165, 1.54) is 42.9 Å². The number of methoxy groups -OCH3 is 1. The topological polar surface area (TPSA) is 168 Å². The number of nitrogens with two attached hydrogens (primary N) is 1. The number of anilines is 2. The molecule has 3 aromatic heterocycles. The number of amides is 1. The van der Waals surface area contributed by atoms with Crippen LogP contribution in [0.15, 0.2) is 88.6 Å². The van der Waals surface area contributed by atoms with E-state index in [4.69, 9.17) is 19.6 Å². The number of nitro groups is 1. The van der Waals surface area contributed by atoms with Gasteiger partial charge in [0.15, 0.2) is 11.3 Å². The number of furan rings is 1. The van der Waals surface area contributed by atoms with Gasteiger partial charge in [0, 0.05) is 86.2 Å². The summed E-state index contributed by atoms with van der Waals surface area (Å²) in [4.78, 5) is 39.5. The van der Waals surface area contributed by atoms with Gasteiger partial charge in [0.1, 0.15) is 28.7 Å². The predicted molar refractivity (Wildman–Crippen MR) is 220 cm³/mol. The number of rotatable bonds is 11. The fourth-order valence-electron chi connectivity index (χ4n) is 8.76. The minimum Gasteiger partial charge on any atom is -0.493 e. The van der Waals surface area contributed by atoms with Gasteiger partial charge in [-0.25, -0.2) is 9.37 Å². The molecule has 3 aliphatic rings. The van der Waals surface area contributed by atoms with Crippen molar-refractivity contribution in [1.29, 1.82) is 0 Å². The number of hydrogen-bond donors (Lipinski definition) is 3. The second-order valence-electron chi connectivity index (χ2n) is 15.5. The van der Waals surface area contributed by atoms with E-state index in [-0.39, 0.29) is 33.8 Å². The maximum absolute atomic E-state index is 14.5. The number of piperidine rings is 1. The molecule has 1 spiro atoms. The Balaban J connectivity index is 0.831. The van der Waals surface area contributed by atoms with Crippen molar-refractivity contribution in [2.24, 2.45) is 5.41 Å². The van der Waals surface area contributed by atoms with Crippen LogP contribution in [0.1, 0.15) is 41.6 Å². The number of nitrogen functional groups attached to an aromatic ring is 1. The summed E-state index contributed by atoms with van der Waals surface area (Å²) >= 11 is 0.932. The van der Waals surface area contributed by atoms with E-state index in [9.17, 15) is 19.3 Å². The van der Waals surface area contributed by atoms with Crippen LogP contribution in [0.3, 0.4) is 0 Å². The monoisotopic (exact) mass is 806 g/mol. The fourth-order valence-corrected chi connectivity index (χ4v) is 9.39.